The number of pyridine rings is 1. The molecule has 0 bridgehead atoms. The van der Waals surface area contributed by atoms with Crippen LogP contribution in [0.4, 0.5) is 5.69 Å². The minimum atomic E-state index is -1.35. The molecule has 0 saturated heterocycles. The molecule has 2 N–H and O–H groups in total. The van der Waals surface area contributed by atoms with Crippen molar-refractivity contribution in [2.24, 2.45) is 0 Å². The molecule has 0 radical (unpaired) electrons. The van der Waals surface area contributed by atoms with Gasteiger partial charge in [-0.2, -0.15) is 0 Å². The smallest absolute Gasteiger partial charge is 0.161 e. The minimum Gasteiger partial charge on any atom is -0.396 e. The summed E-state index contributed by atoms with van der Waals surface area (Å²) < 4.78 is 1.93. The number of hydrogen-bond donors (Lipinski definition) is 1. The normalized spacial score (nSPS) is 11.2. The Morgan fingerprint density at radius 1 is 1.38 bits per heavy atom. The molecule has 2 heterocycles. The lowest BCUT2D eigenvalue weighted by Crippen LogP contribution is -2.16. The van der Waals surface area contributed by atoms with E-state index in [0.29, 0.717) is 5.69 Å². The number of aromatic nitrogens is 2. The maximum Gasteiger partial charge on any atom is 0.161 e. The Kier molecular flexibility index (Phi) is 2.48. The van der Waals surface area contributed by atoms with Crippen molar-refractivity contribution in [1.29, 1.82) is 0 Å². The Labute approximate surface area is 96.3 Å². The van der Waals surface area contributed by atoms with Gasteiger partial charge in [0, 0.05) is 6.20 Å². The molecule has 82 valence electrons. The molecule has 2 rings (SSSR count). The number of nitrogen functional groups attached to an aromatic ring is 1. The first-order valence-electron chi connectivity index (χ1n) is 5.22. The average molecular weight is 229 g/mol. The summed E-state index contributed by atoms with van der Waals surface area (Å²) in [6, 6.07) is 3.75. The Bertz CT molecular complexity index is 582. The number of hydrogen-bond acceptors (Lipinski definition) is 2. The molecule has 0 atom stereocenters. The maximum absolute atomic E-state index is 5.83. The first-order chi connectivity index (χ1) is 7.47. The van der Waals surface area contributed by atoms with Gasteiger partial charge in [0.1, 0.15) is 13.8 Å². The summed E-state index contributed by atoms with van der Waals surface area (Å²) in [5.74, 6) is 3.19. The zero-order valence-corrected chi connectivity index (χ0v) is 10.8. The van der Waals surface area contributed by atoms with Crippen LogP contribution in [0.25, 0.3) is 5.65 Å². The first kappa shape index (κ1) is 10.8. The van der Waals surface area contributed by atoms with Crippen molar-refractivity contribution in [1.82, 2.24) is 9.38 Å². The average Bonchev–Trinajstić information content (AvgIpc) is 2.58. The summed E-state index contributed by atoms with van der Waals surface area (Å²) in [6.45, 7) is 6.66. The Morgan fingerprint density at radius 2 is 2.12 bits per heavy atom. The van der Waals surface area contributed by atoms with Crippen molar-refractivity contribution in [2.45, 2.75) is 19.6 Å². The third kappa shape index (κ3) is 2.09. The first-order valence-corrected chi connectivity index (χ1v) is 8.72. The molecule has 16 heavy (non-hydrogen) atoms. The predicted molar refractivity (Wildman–Crippen MR) is 69.8 cm³/mol. The van der Waals surface area contributed by atoms with E-state index in [9.17, 15) is 0 Å². The van der Waals surface area contributed by atoms with Crippen LogP contribution >= 0.6 is 0 Å². The highest BCUT2D eigenvalue weighted by Gasteiger charge is 2.08. The van der Waals surface area contributed by atoms with Gasteiger partial charge in [-0.3, -0.25) is 4.40 Å². The van der Waals surface area contributed by atoms with Gasteiger partial charge < -0.3 is 5.73 Å². The molecule has 4 heteroatoms. The number of nitrogens with two attached hydrogens (primary N) is 1. The van der Waals surface area contributed by atoms with E-state index in [2.05, 4.69) is 36.1 Å². The van der Waals surface area contributed by atoms with Gasteiger partial charge in [0.15, 0.2) is 5.65 Å². The fourth-order valence-electron chi connectivity index (χ4n) is 1.38. The number of rotatable bonds is 0. The zero-order valence-electron chi connectivity index (χ0n) is 9.78. The van der Waals surface area contributed by atoms with Crippen LogP contribution in [0.3, 0.4) is 0 Å². The Morgan fingerprint density at radius 3 is 2.81 bits per heavy atom. The highest BCUT2D eigenvalue weighted by molar-refractivity contribution is 6.83. The number of anilines is 1. The van der Waals surface area contributed by atoms with E-state index >= 15 is 0 Å². The highest BCUT2D eigenvalue weighted by atomic mass is 28.3. The van der Waals surface area contributed by atoms with Crippen molar-refractivity contribution in [3.8, 4) is 11.5 Å². The molecule has 0 fully saturated rings. The van der Waals surface area contributed by atoms with Crippen LogP contribution in [0.5, 0.6) is 0 Å². The fourth-order valence-corrected chi connectivity index (χ4v) is 1.88. The lowest BCUT2D eigenvalue weighted by molar-refractivity contribution is 1.17. The van der Waals surface area contributed by atoms with Crippen LogP contribution in [-0.2, 0) is 0 Å². The van der Waals surface area contributed by atoms with Gasteiger partial charge in [-0.1, -0.05) is 25.6 Å². The van der Waals surface area contributed by atoms with E-state index in [1.807, 2.05) is 22.7 Å². The molecule has 2 aromatic heterocycles. The van der Waals surface area contributed by atoms with Gasteiger partial charge in [0.2, 0.25) is 0 Å². The number of imidazole rings is 1. The number of fused-ring (bicyclic) bond motifs is 1. The van der Waals surface area contributed by atoms with Gasteiger partial charge >= 0.3 is 0 Å². The lowest BCUT2D eigenvalue weighted by Gasteiger charge is -2.03. The van der Waals surface area contributed by atoms with Gasteiger partial charge in [-0.15, -0.1) is 5.54 Å². The molecular formula is C12H15N3Si. The van der Waals surface area contributed by atoms with Crippen molar-refractivity contribution in [3.63, 3.8) is 0 Å². The van der Waals surface area contributed by atoms with E-state index in [0.717, 1.165) is 11.3 Å². The van der Waals surface area contributed by atoms with Crippen molar-refractivity contribution >= 4 is 19.4 Å². The van der Waals surface area contributed by atoms with E-state index in [-0.39, 0.29) is 0 Å². The largest absolute Gasteiger partial charge is 0.396 e. The molecule has 0 unspecified atom stereocenters. The monoisotopic (exact) mass is 229 g/mol. The van der Waals surface area contributed by atoms with Crippen LogP contribution in [0.2, 0.25) is 19.6 Å². The molecule has 0 aliphatic rings. The third-order valence-corrected chi connectivity index (χ3v) is 3.01. The second kappa shape index (κ2) is 3.69. The lowest BCUT2D eigenvalue weighted by atomic mass is 10.4. The van der Waals surface area contributed by atoms with Gasteiger partial charge in [-0.25, -0.2) is 4.98 Å². The molecule has 3 nitrogen and oxygen atoms in total. The minimum absolute atomic E-state index is 0.684. The summed E-state index contributed by atoms with van der Waals surface area (Å²) in [6.07, 6.45) is 3.71. The van der Waals surface area contributed by atoms with Crippen LogP contribution in [-0.4, -0.2) is 17.5 Å². The second-order valence-corrected chi connectivity index (χ2v) is 9.55. The molecule has 0 aliphatic heterocycles. The fraction of sp³-hybridized carbons (Fsp3) is 0.250. The van der Waals surface area contributed by atoms with Crippen LogP contribution in [0, 0.1) is 11.5 Å². The zero-order chi connectivity index (χ0) is 11.8. The highest BCUT2D eigenvalue weighted by Crippen LogP contribution is 2.12. The van der Waals surface area contributed by atoms with Crippen LogP contribution in [0.15, 0.2) is 24.5 Å². The SMILES string of the molecule is C[Si](C)(C)C#Cc1cnc2c(N)cccn12. The summed E-state index contributed by atoms with van der Waals surface area (Å²) in [4.78, 5) is 4.27. The Balaban J connectivity index is 2.54. The maximum atomic E-state index is 5.83. The molecule has 0 aromatic carbocycles. The predicted octanol–water partition coefficient (Wildman–Crippen LogP) is 2.15. The van der Waals surface area contributed by atoms with Crippen molar-refractivity contribution in [3.05, 3.63) is 30.2 Å². The number of nitrogens with zero attached hydrogens (tertiary/aromatic N) is 2. The van der Waals surface area contributed by atoms with Crippen molar-refractivity contribution in [2.75, 3.05) is 5.73 Å². The Hall–Kier alpha value is -1.73. The molecule has 0 aliphatic carbocycles. The van der Waals surface area contributed by atoms with Crippen molar-refractivity contribution < 1.29 is 0 Å². The summed E-state index contributed by atoms with van der Waals surface area (Å²) in [5.41, 5.74) is 11.5. The molecular weight excluding hydrogens is 214 g/mol. The standard InChI is InChI=1S/C12H15N3Si/c1-16(2,3)8-6-10-9-14-12-11(13)5-4-7-15(10)12/h4-5,7,9H,13H2,1-3H3. The molecule has 0 saturated carbocycles. The molecule has 0 spiro atoms. The summed E-state index contributed by atoms with van der Waals surface area (Å²) in [7, 11) is -1.35. The summed E-state index contributed by atoms with van der Waals surface area (Å²) >= 11 is 0. The topological polar surface area (TPSA) is 43.3 Å². The van der Waals surface area contributed by atoms with Gasteiger partial charge in [-0.05, 0) is 12.1 Å². The second-order valence-electron chi connectivity index (χ2n) is 4.80. The van der Waals surface area contributed by atoms with Crippen LogP contribution < -0.4 is 5.73 Å². The van der Waals surface area contributed by atoms with E-state index in [1.165, 1.54) is 0 Å². The van der Waals surface area contributed by atoms with E-state index in [1.54, 1.807) is 6.20 Å². The third-order valence-electron chi connectivity index (χ3n) is 2.13. The summed E-state index contributed by atoms with van der Waals surface area (Å²) in [5, 5.41) is 0. The van der Waals surface area contributed by atoms with E-state index in [4.69, 9.17) is 5.73 Å². The van der Waals surface area contributed by atoms with Gasteiger partial charge in [0.25, 0.3) is 0 Å². The van der Waals surface area contributed by atoms with E-state index < -0.39 is 8.07 Å². The quantitative estimate of drug-likeness (QED) is 0.555. The molecule has 0 amide bonds. The molecule has 2 aromatic rings. The van der Waals surface area contributed by atoms with Gasteiger partial charge in [0.05, 0.1) is 11.9 Å². The van der Waals surface area contributed by atoms with Crippen LogP contribution in [0.1, 0.15) is 5.69 Å².